The molecule has 1 fully saturated rings. The first kappa shape index (κ1) is 17.9. The molecular formula is C14H18FNO5S2. The Morgan fingerprint density at radius 2 is 1.83 bits per heavy atom. The molecule has 9 heteroatoms. The first-order valence-corrected chi connectivity index (χ1v) is 10.2. The van der Waals surface area contributed by atoms with E-state index in [1.165, 1.54) is 30.9 Å². The molecule has 1 aromatic carbocycles. The van der Waals surface area contributed by atoms with Gasteiger partial charge in [-0.15, -0.1) is 3.89 Å². The van der Waals surface area contributed by atoms with Crippen molar-refractivity contribution in [3.63, 3.8) is 0 Å². The lowest BCUT2D eigenvalue weighted by Gasteiger charge is -2.21. The molecule has 2 rings (SSSR count). The van der Waals surface area contributed by atoms with Gasteiger partial charge in [0.05, 0.1) is 21.6 Å². The minimum atomic E-state index is -4.69. The quantitative estimate of drug-likeness (QED) is 0.740. The third kappa shape index (κ3) is 3.89. The fraction of sp³-hybridized carbons (Fsp3) is 0.500. The maximum absolute atomic E-state index is 12.8. The number of amides is 1. The first-order chi connectivity index (χ1) is 10.5. The van der Waals surface area contributed by atoms with Crippen LogP contribution in [0.15, 0.2) is 29.2 Å². The summed E-state index contributed by atoms with van der Waals surface area (Å²) in [7, 11) is -8.29. The van der Waals surface area contributed by atoms with Crippen LogP contribution in [-0.2, 0) is 24.9 Å². The summed E-state index contributed by atoms with van der Waals surface area (Å²) in [6.07, 6.45) is -0.126. The largest absolute Gasteiger partial charge is 0.311 e. The maximum atomic E-state index is 12.8. The predicted octanol–water partition coefficient (Wildman–Crippen LogP) is 1.52. The van der Waals surface area contributed by atoms with E-state index in [1.54, 1.807) is 12.1 Å². The number of sulfone groups is 1. The van der Waals surface area contributed by atoms with Crippen LogP contribution >= 0.6 is 0 Å². The average Bonchev–Trinajstić information content (AvgIpc) is 2.77. The van der Waals surface area contributed by atoms with E-state index in [2.05, 4.69) is 0 Å². The van der Waals surface area contributed by atoms with E-state index < -0.39 is 42.9 Å². The molecule has 6 nitrogen and oxygen atoms in total. The van der Waals surface area contributed by atoms with Crippen LogP contribution in [0.3, 0.4) is 0 Å². The zero-order valence-corrected chi connectivity index (χ0v) is 14.4. The highest BCUT2D eigenvalue weighted by Crippen LogP contribution is 2.33. The lowest BCUT2D eigenvalue weighted by Crippen LogP contribution is -2.28. The maximum Gasteiger partial charge on any atom is 0.302 e. The number of carbonyl (C=O) groups excluding carboxylic acids is 1. The third-order valence-electron chi connectivity index (χ3n) is 3.72. The van der Waals surface area contributed by atoms with Crippen LogP contribution in [0.25, 0.3) is 0 Å². The Hall–Kier alpha value is -1.48. The van der Waals surface area contributed by atoms with Gasteiger partial charge in [0.15, 0.2) is 9.84 Å². The van der Waals surface area contributed by atoms with Crippen molar-refractivity contribution < 1.29 is 25.5 Å². The van der Waals surface area contributed by atoms with Gasteiger partial charge < -0.3 is 4.90 Å². The van der Waals surface area contributed by atoms with Crippen LogP contribution in [-0.4, -0.2) is 40.3 Å². The Labute approximate surface area is 135 Å². The van der Waals surface area contributed by atoms with E-state index in [4.69, 9.17) is 0 Å². The smallest absolute Gasteiger partial charge is 0.302 e. The van der Waals surface area contributed by atoms with Gasteiger partial charge in [-0.05, 0) is 26.0 Å². The van der Waals surface area contributed by atoms with Crippen molar-refractivity contribution in [3.8, 4) is 0 Å². The molecule has 0 aromatic heterocycles. The van der Waals surface area contributed by atoms with Gasteiger partial charge >= 0.3 is 10.2 Å². The van der Waals surface area contributed by atoms with Crippen molar-refractivity contribution in [1.29, 1.82) is 0 Å². The fourth-order valence-electron chi connectivity index (χ4n) is 2.58. The van der Waals surface area contributed by atoms with Gasteiger partial charge in [0, 0.05) is 18.9 Å². The molecule has 1 aliphatic heterocycles. The molecule has 0 radical (unpaired) electrons. The summed E-state index contributed by atoms with van der Waals surface area (Å²) < 4.78 is 59.2. The van der Waals surface area contributed by atoms with Crippen molar-refractivity contribution in [2.45, 2.75) is 30.4 Å². The second kappa shape index (κ2) is 6.20. The molecule has 0 saturated carbocycles. The number of rotatable bonds is 5. The van der Waals surface area contributed by atoms with Gasteiger partial charge in [-0.2, -0.15) is 8.42 Å². The standard InChI is InChI=1S/C14H18FNO5S2/c1-10(2)23(20,21)13-6-4-3-5-12(13)16-8-11(7-14(16)17)9-22(15,18)19/h3-6,10-11H,7-9H2,1-2H3. The minimum Gasteiger partial charge on any atom is -0.311 e. The molecule has 1 aromatic rings. The lowest BCUT2D eigenvalue weighted by molar-refractivity contribution is -0.117. The van der Waals surface area contributed by atoms with Gasteiger partial charge in [-0.3, -0.25) is 4.79 Å². The lowest BCUT2D eigenvalue weighted by atomic mass is 10.1. The normalized spacial score (nSPS) is 19.6. The number of hydrogen-bond donors (Lipinski definition) is 0. The van der Waals surface area contributed by atoms with Gasteiger partial charge in [-0.25, -0.2) is 8.42 Å². The summed E-state index contributed by atoms with van der Waals surface area (Å²) >= 11 is 0. The third-order valence-corrected chi connectivity index (χ3v) is 6.79. The summed E-state index contributed by atoms with van der Waals surface area (Å²) in [6.45, 7) is 3.05. The van der Waals surface area contributed by atoms with Crippen LogP contribution in [0.5, 0.6) is 0 Å². The minimum absolute atomic E-state index is 0.0205. The molecule has 0 bridgehead atoms. The summed E-state index contributed by atoms with van der Waals surface area (Å²) in [5.41, 5.74) is 0.213. The topological polar surface area (TPSA) is 88.6 Å². The van der Waals surface area contributed by atoms with Crippen molar-refractivity contribution >= 4 is 31.7 Å². The van der Waals surface area contributed by atoms with Crippen molar-refractivity contribution in [2.75, 3.05) is 17.2 Å². The molecule has 0 aliphatic carbocycles. The highest BCUT2D eigenvalue weighted by Gasteiger charge is 2.36. The second-order valence-corrected chi connectivity index (χ2v) is 9.73. The molecule has 0 N–H and O–H groups in total. The molecule has 23 heavy (non-hydrogen) atoms. The Kier molecular flexibility index (Phi) is 4.81. The monoisotopic (exact) mass is 363 g/mol. The number of anilines is 1. The molecule has 1 atom stereocenters. The number of benzene rings is 1. The number of hydrogen-bond acceptors (Lipinski definition) is 5. The molecule has 1 saturated heterocycles. The van der Waals surface area contributed by atoms with E-state index in [0.29, 0.717) is 0 Å². The van der Waals surface area contributed by atoms with Crippen LogP contribution in [0.4, 0.5) is 9.57 Å². The van der Waals surface area contributed by atoms with E-state index in [9.17, 15) is 25.5 Å². The average molecular weight is 363 g/mol. The molecule has 1 unspecified atom stereocenters. The van der Waals surface area contributed by atoms with Gasteiger partial charge in [0.25, 0.3) is 0 Å². The predicted molar refractivity (Wildman–Crippen MR) is 84.1 cm³/mol. The number of carbonyl (C=O) groups is 1. The Balaban J connectivity index is 2.39. The molecule has 0 spiro atoms. The van der Waals surface area contributed by atoms with E-state index in [-0.39, 0.29) is 23.5 Å². The van der Waals surface area contributed by atoms with Crippen molar-refractivity contribution in [2.24, 2.45) is 5.92 Å². The molecule has 1 amide bonds. The Morgan fingerprint density at radius 1 is 1.22 bits per heavy atom. The van der Waals surface area contributed by atoms with Gasteiger partial charge in [0.2, 0.25) is 5.91 Å². The van der Waals surface area contributed by atoms with E-state index in [0.717, 1.165) is 0 Å². The van der Waals surface area contributed by atoms with Crippen molar-refractivity contribution in [1.82, 2.24) is 0 Å². The van der Waals surface area contributed by atoms with Crippen LogP contribution < -0.4 is 4.90 Å². The molecule has 128 valence electrons. The number of para-hydroxylation sites is 1. The molecule has 1 heterocycles. The Bertz CT molecular complexity index is 817. The highest BCUT2D eigenvalue weighted by molar-refractivity contribution is 7.92. The zero-order valence-electron chi connectivity index (χ0n) is 12.8. The number of nitrogens with zero attached hydrogens (tertiary/aromatic N) is 1. The van der Waals surface area contributed by atoms with Crippen LogP contribution in [0, 0.1) is 5.92 Å². The molecule has 1 aliphatic rings. The van der Waals surface area contributed by atoms with Gasteiger partial charge in [0.1, 0.15) is 0 Å². The van der Waals surface area contributed by atoms with Crippen molar-refractivity contribution in [3.05, 3.63) is 24.3 Å². The Morgan fingerprint density at radius 3 is 2.39 bits per heavy atom. The van der Waals surface area contributed by atoms with Crippen LogP contribution in [0.1, 0.15) is 20.3 Å². The fourth-order valence-corrected chi connectivity index (χ4v) is 4.61. The van der Waals surface area contributed by atoms with E-state index >= 15 is 0 Å². The van der Waals surface area contributed by atoms with Crippen LogP contribution in [0.2, 0.25) is 0 Å². The first-order valence-electron chi connectivity index (χ1n) is 7.08. The summed E-state index contributed by atoms with van der Waals surface area (Å²) in [5, 5.41) is -0.664. The molecular weight excluding hydrogens is 345 g/mol. The SMILES string of the molecule is CC(C)S(=O)(=O)c1ccccc1N1CC(CS(=O)(=O)F)CC1=O. The summed E-state index contributed by atoms with van der Waals surface area (Å²) in [6, 6.07) is 6.07. The number of halogens is 1. The van der Waals surface area contributed by atoms with E-state index in [1.807, 2.05) is 0 Å². The zero-order chi connectivity index (χ0) is 17.4. The summed E-state index contributed by atoms with van der Waals surface area (Å²) in [4.78, 5) is 13.4. The highest BCUT2D eigenvalue weighted by atomic mass is 32.3. The second-order valence-electron chi connectivity index (χ2n) is 5.84. The van der Waals surface area contributed by atoms with Gasteiger partial charge in [-0.1, -0.05) is 12.1 Å². The summed E-state index contributed by atoms with van der Waals surface area (Å²) in [5.74, 6) is -1.84.